The van der Waals surface area contributed by atoms with Gasteiger partial charge in [0, 0.05) is 0 Å². The van der Waals surface area contributed by atoms with E-state index in [0.717, 1.165) is 0 Å². The van der Waals surface area contributed by atoms with Crippen LogP contribution in [0.25, 0.3) is 0 Å². The smallest absolute Gasteiger partial charge is 0.172 e. The Bertz CT molecular complexity index is 347. The minimum Gasteiger partial charge on any atom is -0.358 e. The summed E-state index contributed by atoms with van der Waals surface area (Å²) in [6, 6.07) is 10.0. The number of carbonyl (C=O) groups excluding carboxylic acids is 3. The summed E-state index contributed by atoms with van der Waals surface area (Å²) in [5.41, 5.74) is 0. The molecule has 3 nitrogen and oxygen atoms in total. The molecule has 4 heteroatoms. The maximum absolute atomic E-state index is 9.39. The van der Waals surface area contributed by atoms with Crippen LogP contribution in [0.3, 0.4) is 0 Å². The zero-order valence-corrected chi connectivity index (χ0v) is 9.03. The van der Waals surface area contributed by atoms with E-state index in [9.17, 15) is 14.4 Å². The molecule has 0 N–H and O–H groups in total. The van der Waals surface area contributed by atoms with Gasteiger partial charge in [0.25, 0.3) is 0 Å². The molecule has 0 aliphatic rings. The molecule has 0 aromatic heterocycles. The van der Waals surface area contributed by atoms with Crippen LogP contribution >= 0.6 is 0 Å². The largest absolute Gasteiger partial charge is 0.358 e. The third-order valence-electron chi connectivity index (χ3n) is 0.806. The molecule has 0 atom stereocenters. The Morgan fingerprint density at radius 2 is 1.31 bits per heavy atom. The summed E-state index contributed by atoms with van der Waals surface area (Å²) in [6.07, 6.45) is 0. The standard InChI is InChI=1S/C5H5.3CO.CH3.Mo/c1-2-4-5-3-1;3*1-2;;/h1-5H;;;;1H3;/q-1;;;;-1;. The molecule has 0 bridgehead atoms. The molecule has 1 aromatic carbocycles. The molecule has 0 radical (unpaired) electrons. The molecule has 0 spiro atoms. The molecule has 13 heavy (non-hydrogen) atoms. The van der Waals surface area contributed by atoms with Crippen molar-refractivity contribution in [3.63, 3.8) is 0 Å². The molecule has 1 rings (SSSR count). The Labute approximate surface area is 81.1 Å². The van der Waals surface area contributed by atoms with Gasteiger partial charge in [0.1, 0.15) is 0 Å². The van der Waals surface area contributed by atoms with Gasteiger partial charge in [0.15, 0.2) is 0 Å². The maximum Gasteiger partial charge on any atom is -0.172 e. The summed E-state index contributed by atoms with van der Waals surface area (Å²) < 4.78 is 3.82. The van der Waals surface area contributed by atoms with Crippen LogP contribution in [0.2, 0.25) is 0 Å². The van der Waals surface area contributed by atoms with E-state index in [1.54, 1.807) is 0 Å². The van der Waals surface area contributed by atoms with E-state index < -0.39 is 15.9 Å². The van der Waals surface area contributed by atoms with Crippen LogP contribution in [0.1, 0.15) is 0 Å². The summed E-state index contributed by atoms with van der Waals surface area (Å²) in [5, 5.41) is 0. The normalized spacial score (nSPS) is 5.85. The van der Waals surface area contributed by atoms with E-state index in [4.69, 9.17) is 0 Å². The van der Waals surface area contributed by atoms with Crippen LogP contribution < -0.4 is 0 Å². The van der Waals surface area contributed by atoms with E-state index in [0.29, 0.717) is 0 Å². The van der Waals surface area contributed by atoms with Gasteiger partial charge in [-0.25, -0.2) is 12.1 Å². The Kier molecular flexibility index (Phi) is 11.9. The minimum absolute atomic E-state index is 0. The quantitative estimate of drug-likeness (QED) is 0.508. The van der Waals surface area contributed by atoms with Crippen molar-refractivity contribution in [2.75, 3.05) is 0 Å². The average molecular weight is 260 g/mol. The predicted molar refractivity (Wildman–Crippen MR) is 45.5 cm³/mol. The average Bonchev–Trinajstić information content (AvgIpc) is 2.64. The summed E-state index contributed by atoms with van der Waals surface area (Å²) in [6.45, 7) is 0. The summed E-state index contributed by atoms with van der Waals surface area (Å²) in [7, 11) is 0. The monoisotopic (exact) mass is 262 g/mol. The summed E-state index contributed by atoms with van der Waals surface area (Å²) >= 11 is -2.85. The molecular formula is C9H8MoO3-2. The number of hydrogen-bond donors (Lipinski definition) is 0. The first kappa shape index (κ1) is 14.3. The second-order valence-corrected chi connectivity index (χ2v) is 4.25. The summed E-state index contributed by atoms with van der Waals surface area (Å²) in [5.74, 6) is 0. The third kappa shape index (κ3) is 8.69. The first-order valence-corrected chi connectivity index (χ1v) is 5.90. The van der Waals surface area contributed by atoms with Crippen molar-refractivity contribution < 1.29 is 30.3 Å². The van der Waals surface area contributed by atoms with Crippen LogP contribution in [0, 0.1) is 7.43 Å². The fraction of sp³-hybridized carbons (Fsp3) is 0. The summed E-state index contributed by atoms with van der Waals surface area (Å²) in [4.78, 5) is 28.2. The molecule has 0 unspecified atom stereocenters. The Morgan fingerprint density at radius 3 is 1.38 bits per heavy atom. The van der Waals surface area contributed by atoms with Gasteiger partial charge in [0.2, 0.25) is 0 Å². The van der Waals surface area contributed by atoms with Crippen LogP contribution in [-0.2, 0) is 30.3 Å². The van der Waals surface area contributed by atoms with Crippen molar-refractivity contribution in [1.29, 1.82) is 0 Å². The Morgan fingerprint density at radius 1 is 0.923 bits per heavy atom. The van der Waals surface area contributed by atoms with Gasteiger partial charge in [-0.15, -0.1) is 0 Å². The van der Waals surface area contributed by atoms with Crippen molar-refractivity contribution in [3.8, 4) is 0 Å². The fourth-order valence-corrected chi connectivity index (χ4v) is 0.623. The molecule has 0 fully saturated rings. The van der Waals surface area contributed by atoms with Crippen LogP contribution in [0.15, 0.2) is 30.3 Å². The minimum atomic E-state index is -2.85. The maximum atomic E-state index is 9.39. The van der Waals surface area contributed by atoms with Gasteiger partial charge < -0.3 is 7.43 Å². The van der Waals surface area contributed by atoms with Crippen molar-refractivity contribution >= 4 is 12.8 Å². The predicted octanol–water partition coefficient (Wildman–Crippen LogP) is 0.662. The fourth-order valence-electron chi connectivity index (χ4n) is 0.372. The van der Waals surface area contributed by atoms with Gasteiger partial charge >= 0.3 is 43.1 Å². The van der Waals surface area contributed by atoms with Gasteiger partial charge in [-0.2, -0.15) is 18.2 Å². The molecule has 0 aliphatic heterocycles. The second kappa shape index (κ2) is 10.8. The van der Waals surface area contributed by atoms with E-state index in [-0.39, 0.29) is 7.43 Å². The van der Waals surface area contributed by atoms with E-state index in [2.05, 4.69) is 0 Å². The molecule has 0 heterocycles. The number of hydrogen-bond acceptors (Lipinski definition) is 3. The van der Waals surface area contributed by atoms with E-state index >= 15 is 0 Å². The van der Waals surface area contributed by atoms with E-state index in [1.165, 1.54) is 12.8 Å². The van der Waals surface area contributed by atoms with Crippen LogP contribution in [-0.4, -0.2) is 12.8 Å². The molecule has 70 valence electrons. The van der Waals surface area contributed by atoms with Crippen molar-refractivity contribution in [2.24, 2.45) is 0 Å². The zero-order valence-electron chi connectivity index (χ0n) is 7.02. The molecule has 0 aliphatic carbocycles. The van der Waals surface area contributed by atoms with Gasteiger partial charge in [0.05, 0.1) is 0 Å². The van der Waals surface area contributed by atoms with Crippen molar-refractivity contribution in [1.82, 2.24) is 0 Å². The molecule has 0 saturated heterocycles. The van der Waals surface area contributed by atoms with Gasteiger partial charge in [-0.05, 0) is 0 Å². The molecule has 0 saturated carbocycles. The Hall–Kier alpha value is -1.22. The Balaban J connectivity index is 0. The van der Waals surface area contributed by atoms with E-state index in [1.807, 2.05) is 30.3 Å². The van der Waals surface area contributed by atoms with Crippen molar-refractivity contribution in [3.05, 3.63) is 37.8 Å². The first-order chi connectivity index (χ1) is 5.85. The third-order valence-corrected chi connectivity index (χ3v) is 2.03. The molecule has 1 aromatic rings. The van der Waals surface area contributed by atoms with Crippen LogP contribution in [0.4, 0.5) is 0 Å². The van der Waals surface area contributed by atoms with Crippen molar-refractivity contribution in [2.45, 2.75) is 0 Å². The van der Waals surface area contributed by atoms with Gasteiger partial charge in [-0.3, -0.25) is 0 Å². The van der Waals surface area contributed by atoms with Gasteiger partial charge in [-0.1, -0.05) is 0 Å². The zero-order chi connectivity index (χ0) is 9.23. The molecular weight excluding hydrogens is 252 g/mol. The second-order valence-electron chi connectivity index (χ2n) is 1.52. The molecule has 0 amide bonds. The topological polar surface area (TPSA) is 51.2 Å². The number of rotatable bonds is 0. The SMILES string of the molecule is O=[C]=[Mo](=[C]=O)=[C]=O.[CH3-].c1cc[cH-]c1. The van der Waals surface area contributed by atoms with Crippen LogP contribution in [0.5, 0.6) is 0 Å². The first-order valence-electron chi connectivity index (χ1n) is 2.89.